The number of nitrogens with one attached hydrogen (secondary N) is 2. The third-order valence-corrected chi connectivity index (χ3v) is 5.96. The Balaban J connectivity index is 1.91. The molecule has 0 saturated heterocycles. The Morgan fingerprint density at radius 1 is 1.02 bits per heavy atom. The summed E-state index contributed by atoms with van der Waals surface area (Å²) in [4.78, 5) is 38.2. The summed E-state index contributed by atoms with van der Waals surface area (Å²) in [6, 6.07) is 8.33. The van der Waals surface area contributed by atoms with E-state index in [9.17, 15) is 40.7 Å². The van der Waals surface area contributed by atoms with Crippen molar-refractivity contribution >= 4 is 23.4 Å². The summed E-state index contributed by atoms with van der Waals surface area (Å²) in [5.74, 6) is -1.81. The lowest BCUT2D eigenvalue weighted by atomic mass is 10.0. The molecule has 0 fully saturated rings. The van der Waals surface area contributed by atoms with Crippen molar-refractivity contribution in [2.45, 2.75) is 44.3 Å². The molecule has 0 spiro atoms. The first kappa shape index (κ1) is 31.7. The van der Waals surface area contributed by atoms with E-state index in [0.29, 0.717) is 9.70 Å². The molecule has 0 radical (unpaired) electrons. The number of benzene rings is 2. The number of amides is 2. The standard InChI is InChI=1S/C25H24ClF6N5O4/c26-18-6-4-15(5-7-18)22-35-37(23(41)36(22)10-8-24(27,28)29)14-21(40)34-19(13-20(39)33-9-11-38)16-2-1-3-17(12-16)25(30,31)32/h1-7,12,19,38H,8-11,13-14H2,(H,33,39)(H,34,40). The Hall–Kier alpha value is -3.85. The van der Waals surface area contributed by atoms with Gasteiger partial charge in [-0.05, 0) is 42.0 Å². The molecule has 9 nitrogen and oxygen atoms in total. The molecular weight excluding hydrogens is 584 g/mol. The van der Waals surface area contributed by atoms with Gasteiger partial charge in [-0.3, -0.25) is 14.2 Å². The normalized spacial score (nSPS) is 12.7. The molecule has 41 heavy (non-hydrogen) atoms. The third kappa shape index (κ3) is 9.08. The molecule has 3 N–H and O–H groups in total. The lowest BCUT2D eigenvalue weighted by Crippen LogP contribution is -2.38. The summed E-state index contributed by atoms with van der Waals surface area (Å²) in [5, 5.41) is 18.0. The molecule has 3 rings (SSSR count). The third-order valence-electron chi connectivity index (χ3n) is 5.71. The Kier molecular flexibility index (Phi) is 10.2. The Labute approximate surface area is 233 Å². The average molecular weight is 608 g/mol. The van der Waals surface area contributed by atoms with Gasteiger partial charge in [0.2, 0.25) is 11.8 Å². The Morgan fingerprint density at radius 3 is 2.32 bits per heavy atom. The number of aliphatic hydroxyl groups excluding tert-OH is 1. The van der Waals surface area contributed by atoms with Crippen LogP contribution in [0.5, 0.6) is 0 Å². The minimum atomic E-state index is -4.71. The second-order valence-corrected chi connectivity index (χ2v) is 9.24. The smallest absolute Gasteiger partial charge is 0.395 e. The number of hydrogen-bond donors (Lipinski definition) is 3. The summed E-state index contributed by atoms with van der Waals surface area (Å²) >= 11 is 5.86. The molecule has 1 heterocycles. The van der Waals surface area contributed by atoms with Crippen LogP contribution < -0.4 is 16.3 Å². The van der Waals surface area contributed by atoms with Gasteiger partial charge in [-0.1, -0.05) is 23.7 Å². The summed E-state index contributed by atoms with van der Waals surface area (Å²) in [7, 11) is 0. The lowest BCUT2D eigenvalue weighted by molar-refractivity contribution is -0.138. The number of aliphatic hydroxyl groups is 1. The number of nitrogens with zero attached hydrogens (tertiary/aromatic N) is 3. The second-order valence-electron chi connectivity index (χ2n) is 8.81. The van der Waals surface area contributed by atoms with Gasteiger partial charge in [-0.2, -0.15) is 26.3 Å². The van der Waals surface area contributed by atoms with Gasteiger partial charge in [0.25, 0.3) is 0 Å². The quantitative estimate of drug-likeness (QED) is 0.288. The summed E-state index contributed by atoms with van der Waals surface area (Å²) < 4.78 is 80.0. The second kappa shape index (κ2) is 13.2. The maximum Gasteiger partial charge on any atom is 0.416 e. The van der Waals surface area contributed by atoms with E-state index in [1.807, 2.05) is 0 Å². The number of carbonyl (C=O) groups is 2. The SMILES string of the molecule is O=C(CC(NC(=O)Cn1nc(-c2ccc(Cl)cc2)n(CCC(F)(F)F)c1=O)c1cccc(C(F)(F)F)c1)NCCO. The van der Waals surface area contributed by atoms with Crippen LogP contribution in [0, 0.1) is 0 Å². The van der Waals surface area contributed by atoms with E-state index in [4.69, 9.17) is 16.7 Å². The number of halogens is 7. The predicted molar refractivity (Wildman–Crippen MR) is 135 cm³/mol. The Bertz CT molecular complexity index is 1420. The van der Waals surface area contributed by atoms with Gasteiger partial charge < -0.3 is 15.7 Å². The van der Waals surface area contributed by atoms with Crippen LogP contribution >= 0.6 is 11.6 Å². The van der Waals surface area contributed by atoms with E-state index < -0.39 is 74.0 Å². The highest BCUT2D eigenvalue weighted by Crippen LogP contribution is 2.31. The fourth-order valence-electron chi connectivity index (χ4n) is 3.81. The average Bonchev–Trinajstić information content (AvgIpc) is 3.20. The molecule has 0 saturated carbocycles. The zero-order chi connectivity index (χ0) is 30.4. The fraction of sp³-hybridized carbons (Fsp3) is 0.360. The first-order valence-corrected chi connectivity index (χ1v) is 12.4. The summed E-state index contributed by atoms with van der Waals surface area (Å²) in [6.45, 7) is -2.14. The molecule has 0 aliphatic heterocycles. The van der Waals surface area contributed by atoms with Crippen molar-refractivity contribution in [1.82, 2.24) is 25.0 Å². The Morgan fingerprint density at radius 2 is 1.71 bits per heavy atom. The van der Waals surface area contributed by atoms with Gasteiger partial charge in [0.05, 0.1) is 31.1 Å². The topological polar surface area (TPSA) is 118 Å². The molecule has 1 unspecified atom stereocenters. The largest absolute Gasteiger partial charge is 0.416 e. The summed E-state index contributed by atoms with van der Waals surface area (Å²) in [6.07, 6.45) is -11.2. The molecule has 0 aliphatic carbocycles. The van der Waals surface area contributed by atoms with E-state index in [2.05, 4.69) is 15.7 Å². The van der Waals surface area contributed by atoms with Crippen LogP contribution in [0.3, 0.4) is 0 Å². The molecule has 2 aromatic carbocycles. The van der Waals surface area contributed by atoms with Crippen molar-refractivity contribution in [2.24, 2.45) is 0 Å². The van der Waals surface area contributed by atoms with Gasteiger partial charge in [-0.25, -0.2) is 9.48 Å². The van der Waals surface area contributed by atoms with Crippen LogP contribution in [0.2, 0.25) is 5.02 Å². The maximum atomic E-state index is 13.3. The molecule has 0 bridgehead atoms. The number of rotatable bonds is 11. The number of aromatic nitrogens is 3. The minimum absolute atomic E-state index is 0.0720. The van der Waals surface area contributed by atoms with Crippen LogP contribution in [0.25, 0.3) is 11.4 Å². The molecule has 3 aromatic rings. The molecule has 222 valence electrons. The van der Waals surface area contributed by atoms with E-state index in [0.717, 1.165) is 22.8 Å². The van der Waals surface area contributed by atoms with Crippen LogP contribution in [-0.4, -0.2) is 50.6 Å². The highest BCUT2D eigenvalue weighted by atomic mass is 35.5. The molecule has 16 heteroatoms. The summed E-state index contributed by atoms with van der Waals surface area (Å²) in [5.41, 5.74) is -1.89. The van der Waals surface area contributed by atoms with Gasteiger partial charge in [0.1, 0.15) is 6.54 Å². The van der Waals surface area contributed by atoms with Crippen molar-refractivity contribution < 1.29 is 41.0 Å². The fourth-order valence-corrected chi connectivity index (χ4v) is 3.94. The van der Waals surface area contributed by atoms with Crippen molar-refractivity contribution in [2.75, 3.05) is 13.2 Å². The number of alkyl halides is 6. The van der Waals surface area contributed by atoms with Crippen molar-refractivity contribution in [3.05, 3.63) is 75.2 Å². The van der Waals surface area contributed by atoms with Gasteiger partial charge in [-0.15, -0.1) is 5.10 Å². The highest BCUT2D eigenvalue weighted by molar-refractivity contribution is 6.30. The van der Waals surface area contributed by atoms with Gasteiger partial charge in [0.15, 0.2) is 5.82 Å². The molecule has 2 amide bonds. The van der Waals surface area contributed by atoms with Crippen LogP contribution in [0.4, 0.5) is 26.3 Å². The van der Waals surface area contributed by atoms with Gasteiger partial charge >= 0.3 is 18.0 Å². The highest BCUT2D eigenvalue weighted by Gasteiger charge is 2.32. The molecule has 1 aromatic heterocycles. The van der Waals surface area contributed by atoms with E-state index in [1.165, 1.54) is 30.3 Å². The van der Waals surface area contributed by atoms with Crippen molar-refractivity contribution in [3.8, 4) is 11.4 Å². The van der Waals surface area contributed by atoms with Crippen LogP contribution in [0.1, 0.15) is 30.0 Å². The zero-order valence-corrected chi connectivity index (χ0v) is 21.9. The predicted octanol–water partition coefficient (Wildman–Crippen LogP) is 3.69. The maximum absolute atomic E-state index is 13.3. The first-order chi connectivity index (χ1) is 19.2. The van der Waals surface area contributed by atoms with Gasteiger partial charge in [0, 0.05) is 23.7 Å². The zero-order valence-electron chi connectivity index (χ0n) is 21.1. The monoisotopic (exact) mass is 607 g/mol. The van der Waals surface area contributed by atoms with Crippen molar-refractivity contribution in [1.29, 1.82) is 0 Å². The van der Waals surface area contributed by atoms with E-state index in [1.54, 1.807) is 0 Å². The molecule has 1 atom stereocenters. The lowest BCUT2D eigenvalue weighted by Gasteiger charge is -2.20. The first-order valence-electron chi connectivity index (χ1n) is 12.0. The van der Waals surface area contributed by atoms with Crippen LogP contribution in [-0.2, 0) is 28.9 Å². The molecule has 0 aliphatic rings. The van der Waals surface area contributed by atoms with E-state index >= 15 is 0 Å². The van der Waals surface area contributed by atoms with Crippen LogP contribution in [0.15, 0.2) is 53.3 Å². The number of carbonyl (C=O) groups excluding carboxylic acids is 2. The minimum Gasteiger partial charge on any atom is -0.395 e. The number of hydrogen-bond acceptors (Lipinski definition) is 5. The van der Waals surface area contributed by atoms with E-state index in [-0.39, 0.29) is 23.5 Å². The molecular formula is C25H24ClF6N5O4. The van der Waals surface area contributed by atoms with Crippen molar-refractivity contribution in [3.63, 3.8) is 0 Å².